The fourth-order valence-corrected chi connectivity index (χ4v) is 1.35. The maximum absolute atomic E-state index is 11.8. The number of ether oxygens (including phenoxy) is 1. The van der Waals surface area contributed by atoms with Crippen molar-refractivity contribution in [3.05, 3.63) is 28.7 Å². The molecule has 18 heavy (non-hydrogen) atoms. The van der Waals surface area contributed by atoms with Crippen LogP contribution in [-0.4, -0.2) is 24.0 Å². The predicted molar refractivity (Wildman–Crippen MR) is 61.2 cm³/mol. The largest absolute Gasteiger partial charge is 0.398 e. The van der Waals surface area contributed by atoms with Gasteiger partial charge in [-0.15, -0.1) is 0 Å². The first-order chi connectivity index (χ1) is 8.38. The van der Waals surface area contributed by atoms with Gasteiger partial charge in [-0.05, 0) is 12.5 Å². The van der Waals surface area contributed by atoms with E-state index in [1.54, 1.807) is 0 Å². The summed E-state index contributed by atoms with van der Waals surface area (Å²) in [4.78, 5) is 11.3. The van der Waals surface area contributed by atoms with Gasteiger partial charge >= 0.3 is 6.18 Å². The zero-order chi connectivity index (χ0) is 13.6. The number of aromatic nitrogens is 1. The highest BCUT2D eigenvalue weighted by atomic mass is 19.4. The number of nitrogens with zero attached hydrogens (tertiary/aromatic N) is 1. The van der Waals surface area contributed by atoms with Gasteiger partial charge in [-0.2, -0.15) is 13.2 Å². The van der Waals surface area contributed by atoms with E-state index in [-0.39, 0.29) is 18.8 Å². The van der Waals surface area contributed by atoms with Crippen LogP contribution in [0.3, 0.4) is 0 Å². The molecule has 0 saturated carbocycles. The van der Waals surface area contributed by atoms with Crippen LogP contribution in [0, 0.1) is 0 Å². The van der Waals surface area contributed by atoms with Gasteiger partial charge in [0, 0.05) is 31.1 Å². The van der Waals surface area contributed by atoms with Crippen molar-refractivity contribution in [2.75, 3.05) is 18.9 Å². The molecule has 0 radical (unpaired) electrons. The van der Waals surface area contributed by atoms with Crippen LogP contribution in [0.25, 0.3) is 0 Å². The number of rotatable bonds is 6. The Balaban J connectivity index is 2.22. The number of anilines is 1. The summed E-state index contributed by atoms with van der Waals surface area (Å²) in [6.07, 6.45) is -3.19. The monoisotopic (exact) mass is 264 g/mol. The number of hydrogen-bond acceptors (Lipinski definition) is 3. The van der Waals surface area contributed by atoms with Crippen molar-refractivity contribution < 1.29 is 17.9 Å². The van der Waals surface area contributed by atoms with E-state index in [4.69, 9.17) is 10.5 Å². The fourth-order valence-electron chi connectivity index (χ4n) is 1.35. The Kier molecular flexibility index (Phi) is 5.21. The Hall–Kier alpha value is -1.50. The summed E-state index contributed by atoms with van der Waals surface area (Å²) < 4.78 is 41.6. The minimum Gasteiger partial charge on any atom is -0.398 e. The van der Waals surface area contributed by atoms with Crippen molar-refractivity contribution >= 4 is 5.69 Å². The highest BCUT2D eigenvalue weighted by molar-refractivity contribution is 5.33. The van der Waals surface area contributed by atoms with Crippen LogP contribution in [0.15, 0.2) is 23.1 Å². The molecule has 1 aromatic heterocycles. The summed E-state index contributed by atoms with van der Waals surface area (Å²) >= 11 is 0. The van der Waals surface area contributed by atoms with Gasteiger partial charge in [-0.1, -0.05) is 0 Å². The first-order valence-corrected chi connectivity index (χ1v) is 5.49. The second-order valence-electron chi connectivity index (χ2n) is 3.83. The van der Waals surface area contributed by atoms with Crippen LogP contribution < -0.4 is 11.3 Å². The SMILES string of the molecule is Nc1ccc(=O)n(CCCOCCC(F)(F)F)c1. The van der Waals surface area contributed by atoms with Gasteiger partial charge < -0.3 is 15.0 Å². The van der Waals surface area contributed by atoms with E-state index in [1.165, 1.54) is 22.9 Å². The van der Waals surface area contributed by atoms with Crippen molar-refractivity contribution in [2.24, 2.45) is 0 Å². The lowest BCUT2D eigenvalue weighted by atomic mass is 10.4. The average molecular weight is 264 g/mol. The van der Waals surface area contributed by atoms with E-state index in [0.29, 0.717) is 18.7 Å². The van der Waals surface area contributed by atoms with Crippen molar-refractivity contribution in [2.45, 2.75) is 25.6 Å². The Morgan fingerprint density at radius 3 is 2.67 bits per heavy atom. The molecule has 1 aromatic rings. The molecule has 0 unspecified atom stereocenters. The molecule has 0 aromatic carbocycles. The van der Waals surface area contributed by atoms with E-state index < -0.39 is 12.6 Å². The van der Waals surface area contributed by atoms with Gasteiger partial charge in [-0.3, -0.25) is 4.79 Å². The quantitative estimate of drug-likeness (QED) is 0.797. The third-order valence-corrected chi connectivity index (χ3v) is 2.22. The Labute approximate surface area is 102 Å². The second-order valence-corrected chi connectivity index (χ2v) is 3.83. The highest BCUT2D eigenvalue weighted by Gasteiger charge is 2.26. The molecule has 0 fully saturated rings. The van der Waals surface area contributed by atoms with Gasteiger partial charge in [0.15, 0.2) is 0 Å². The molecule has 1 rings (SSSR count). The normalized spacial score (nSPS) is 11.7. The van der Waals surface area contributed by atoms with Crippen molar-refractivity contribution in [3.63, 3.8) is 0 Å². The molecule has 7 heteroatoms. The molecule has 1 heterocycles. The van der Waals surface area contributed by atoms with Crippen LogP contribution in [0.4, 0.5) is 18.9 Å². The van der Waals surface area contributed by atoms with Crippen LogP contribution in [0.2, 0.25) is 0 Å². The maximum atomic E-state index is 11.8. The van der Waals surface area contributed by atoms with Crippen LogP contribution in [-0.2, 0) is 11.3 Å². The molecule has 102 valence electrons. The number of pyridine rings is 1. The van der Waals surface area contributed by atoms with Crippen molar-refractivity contribution in [1.29, 1.82) is 0 Å². The molecular formula is C11H15F3N2O2. The van der Waals surface area contributed by atoms with Gasteiger partial charge in [-0.25, -0.2) is 0 Å². The molecule has 0 spiro atoms. The number of nitrogen functional groups attached to an aromatic ring is 1. The molecule has 4 nitrogen and oxygen atoms in total. The fraction of sp³-hybridized carbons (Fsp3) is 0.545. The molecule has 2 N–H and O–H groups in total. The number of aryl methyl sites for hydroxylation is 1. The molecular weight excluding hydrogens is 249 g/mol. The lowest BCUT2D eigenvalue weighted by molar-refractivity contribution is -0.145. The summed E-state index contributed by atoms with van der Waals surface area (Å²) in [6, 6.07) is 2.85. The van der Waals surface area contributed by atoms with Crippen LogP contribution >= 0.6 is 0 Å². The second kappa shape index (κ2) is 6.44. The topological polar surface area (TPSA) is 57.2 Å². The van der Waals surface area contributed by atoms with Crippen LogP contribution in [0.1, 0.15) is 12.8 Å². The Morgan fingerprint density at radius 2 is 2.00 bits per heavy atom. The zero-order valence-corrected chi connectivity index (χ0v) is 9.74. The van der Waals surface area contributed by atoms with Gasteiger partial charge in [0.2, 0.25) is 0 Å². The number of nitrogens with two attached hydrogens (primary N) is 1. The highest BCUT2D eigenvalue weighted by Crippen LogP contribution is 2.18. The molecule has 0 aliphatic heterocycles. The standard InChI is InChI=1S/C11H15F3N2O2/c12-11(13,14)4-7-18-6-1-5-16-8-9(15)2-3-10(16)17/h2-3,8H,1,4-7,15H2. The maximum Gasteiger partial charge on any atom is 0.391 e. The van der Waals surface area contributed by atoms with Crippen LogP contribution in [0.5, 0.6) is 0 Å². The molecule has 0 bridgehead atoms. The summed E-state index contributed by atoms with van der Waals surface area (Å²) in [5, 5.41) is 0. The molecule has 0 atom stereocenters. The lowest BCUT2D eigenvalue weighted by Gasteiger charge is -2.08. The predicted octanol–water partition coefficient (Wildman–Crippen LogP) is 1.79. The Bertz CT molecular complexity index is 429. The van der Waals surface area contributed by atoms with E-state index >= 15 is 0 Å². The van der Waals surface area contributed by atoms with Gasteiger partial charge in [0.05, 0.1) is 13.0 Å². The first kappa shape index (κ1) is 14.6. The summed E-state index contributed by atoms with van der Waals surface area (Å²) in [6.45, 7) is 0.197. The van der Waals surface area contributed by atoms with E-state index in [2.05, 4.69) is 0 Å². The number of halogens is 3. The third kappa shape index (κ3) is 5.72. The Morgan fingerprint density at radius 1 is 1.28 bits per heavy atom. The molecule has 0 aliphatic carbocycles. The lowest BCUT2D eigenvalue weighted by Crippen LogP contribution is -2.20. The minimum absolute atomic E-state index is 0.178. The number of hydrogen-bond donors (Lipinski definition) is 1. The molecule has 0 aliphatic rings. The number of alkyl halides is 3. The smallest absolute Gasteiger partial charge is 0.391 e. The van der Waals surface area contributed by atoms with E-state index in [0.717, 1.165) is 0 Å². The molecule has 0 amide bonds. The third-order valence-electron chi connectivity index (χ3n) is 2.22. The van der Waals surface area contributed by atoms with Gasteiger partial charge in [0.1, 0.15) is 0 Å². The summed E-state index contributed by atoms with van der Waals surface area (Å²) in [5.74, 6) is 0. The van der Waals surface area contributed by atoms with Gasteiger partial charge in [0.25, 0.3) is 5.56 Å². The zero-order valence-electron chi connectivity index (χ0n) is 9.74. The van der Waals surface area contributed by atoms with Crippen molar-refractivity contribution in [1.82, 2.24) is 4.57 Å². The van der Waals surface area contributed by atoms with E-state index in [9.17, 15) is 18.0 Å². The summed E-state index contributed by atoms with van der Waals surface area (Å²) in [5.41, 5.74) is 5.78. The van der Waals surface area contributed by atoms with E-state index in [1.807, 2.05) is 0 Å². The van der Waals surface area contributed by atoms with Crippen molar-refractivity contribution in [3.8, 4) is 0 Å². The summed E-state index contributed by atoms with van der Waals surface area (Å²) in [7, 11) is 0. The first-order valence-electron chi connectivity index (χ1n) is 5.49. The molecule has 0 saturated heterocycles. The average Bonchev–Trinajstić information content (AvgIpc) is 2.26. The minimum atomic E-state index is -4.19.